The maximum atomic E-state index is 13.9. The molecular formula is C71H81NO15S. The Morgan fingerprint density at radius 1 is 0.455 bits per heavy atom. The molecule has 16 nitrogen and oxygen atoms in total. The van der Waals surface area contributed by atoms with Gasteiger partial charge in [0, 0.05) is 27.8 Å². The second kappa shape index (κ2) is 35.0. The Morgan fingerprint density at radius 2 is 0.852 bits per heavy atom. The highest BCUT2D eigenvalue weighted by atomic mass is 32.2. The summed E-state index contributed by atoms with van der Waals surface area (Å²) < 4.78 is 51.4. The summed E-state index contributed by atoms with van der Waals surface area (Å²) in [6.45, 7) is 11.4. The Bertz CT molecular complexity index is 3280. The minimum Gasteiger partial charge on any atom is -0.494 e. The molecule has 5 aromatic carbocycles. The molecule has 8 rings (SSSR count). The van der Waals surface area contributed by atoms with Crippen molar-refractivity contribution in [2.45, 2.75) is 157 Å². The Hall–Kier alpha value is -8.18. The first-order valence-corrected chi connectivity index (χ1v) is 31.9. The zero-order chi connectivity index (χ0) is 61.9. The molecule has 0 amide bonds. The number of ether oxygens (including phenoxy) is 9. The van der Waals surface area contributed by atoms with Crippen molar-refractivity contribution in [3.63, 3.8) is 0 Å². The van der Waals surface area contributed by atoms with E-state index in [1.54, 1.807) is 66.7 Å². The van der Waals surface area contributed by atoms with Crippen LogP contribution in [-0.2, 0) is 38.1 Å². The van der Waals surface area contributed by atoms with Crippen molar-refractivity contribution in [2.24, 2.45) is 11.8 Å². The van der Waals surface area contributed by atoms with E-state index in [2.05, 4.69) is 20.1 Å². The van der Waals surface area contributed by atoms with E-state index in [0.29, 0.717) is 129 Å². The molecule has 0 radical (unpaired) electrons. The molecule has 6 aromatic rings. The smallest absolute Gasteiger partial charge is 0.338 e. The van der Waals surface area contributed by atoms with Crippen molar-refractivity contribution in [3.05, 3.63) is 146 Å². The number of fused-ring (bicyclic) bond motifs is 3. The lowest BCUT2D eigenvalue weighted by Crippen LogP contribution is -2.30. The first-order chi connectivity index (χ1) is 42.9. The molecular weight excluding hydrogens is 1140 g/mol. The highest BCUT2D eigenvalue weighted by Crippen LogP contribution is 2.39. The van der Waals surface area contributed by atoms with Gasteiger partial charge in [-0.15, -0.1) is 0 Å². The third-order valence-electron chi connectivity index (χ3n) is 15.6. The summed E-state index contributed by atoms with van der Waals surface area (Å²) >= 11 is 1.44. The molecule has 17 heteroatoms. The number of rotatable bonds is 34. The highest BCUT2D eigenvalue weighted by molar-refractivity contribution is 7.99. The van der Waals surface area contributed by atoms with Crippen molar-refractivity contribution in [3.8, 4) is 28.7 Å². The van der Waals surface area contributed by atoms with E-state index in [4.69, 9.17) is 47.6 Å². The molecule has 2 fully saturated rings. The molecule has 2 aliphatic carbocycles. The Labute approximate surface area is 520 Å². The van der Waals surface area contributed by atoms with Crippen LogP contribution in [0.4, 0.5) is 0 Å². The van der Waals surface area contributed by atoms with Crippen molar-refractivity contribution in [2.75, 3.05) is 33.0 Å². The number of carbonyl (C=O) groups is 6. The maximum Gasteiger partial charge on any atom is 0.338 e. The Kier molecular flexibility index (Phi) is 26.1. The first-order valence-electron chi connectivity index (χ1n) is 31.1. The summed E-state index contributed by atoms with van der Waals surface area (Å²) in [6.07, 6.45) is 17.1. The van der Waals surface area contributed by atoms with Gasteiger partial charge in [-0.25, -0.2) is 24.2 Å². The van der Waals surface area contributed by atoms with Gasteiger partial charge in [0.1, 0.15) is 46.0 Å². The van der Waals surface area contributed by atoms with Crippen LogP contribution >= 0.6 is 11.8 Å². The molecule has 0 saturated heterocycles. The van der Waals surface area contributed by atoms with Crippen LogP contribution in [0.15, 0.2) is 144 Å². The fraction of sp³-hybridized carbons (Fsp3) is 0.423. The Balaban J connectivity index is 0.833. The van der Waals surface area contributed by atoms with Crippen molar-refractivity contribution in [1.82, 2.24) is 4.98 Å². The molecule has 2 saturated carbocycles. The third-order valence-corrected chi connectivity index (χ3v) is 16.6. The summed E-state index contributed by atoms with van der Waals surface area (Å²) in [7, 11) is 0. The highest BCUT2D eigenvalue weighted by Gasteiger charge is 2.32. The summed E-state index contributed by atoms with van der Waals surface area (Å²) in [5, 5.41) is 3.00. The topological polar surface area (TPSA) is 198 Å². The van der Waals surface area contributed by atoms with Gasteiger partial charge in [-0.1, -0.05) is 63.2 Å². The monoisotopic (exact) mass is 1220 g/mol. The number of pyridine rings is 1. The molecule has 0 spiro atoms. The predicted molar refractivity (Wildman–Crippen MR) is 336 cm³/mol. The number of benzene rings is 5. The van der Waals surface area contributed by atoms with E-state index in [-0.39, 0.29) is 36.0 Å². The van der Waals surface area contributed by atoms with Gasteiger partial charge in [-0.3, -0.25) is 9.59 Å². The summed E-state index contributed by atoms with van der Waals surface area (Å²) in [4.78, 5) is 82.6. The van der Waals surface area contributed by atoms with Gasteiger partial charge in [-0.2, -0.15) is 0 Å². The normalized spacial score (nSPS) is 16.4. The molecule has 0 N–H and O–H groups in total. The second-order valence-corrected chi connectivity index (χ2v) is 23.3. The van der Waals surface area contributed by atoms with Crippen LogP contribution < -0.4 is 23.7 Å². The predicted octanol–water partition coefficient (Wildman–Crippen LogP) is 15.5. The minimum atomic E-state index is -0.480. The molecule has 1 heterocycles. The van der Waals surface area contributed by atoms with E-state index < -0.39 is 23.9 Å². The largest absolute Gasteiger partial charge is 0.494 e. The van der Waals surface area contributed by atoms with E-state index in [0.717, 1.165) is 110 Å². The molecule has 466 valence electrons. The van der Waals surface area contributed by atoms with Gasteiger partial charge in [0.25, 0.3) is 0 Å². The van der Waals surface area contributed by atoms with Gasteiger partial charge < -0.3 is 42.6 Å². The fourth-order valence-corrected chi connectivity index (χ4v) is 11.5. The van der Waals surface area contributed by atoms with E-state index >= 15 is 0 Å². The molecule has 0 bridgehead atoms. The number of hydrogen-bond acceptors (Lipinski definition) is 17. The number of hydrogen-bond donors (Lipinski definition) is 0. The molecule has 2 aliphatic rings. The van der Waals surface area contributed by atoms with E-state index in [1.165, 1.54) is 18.2 Å². The molecule has 0 unspecified atom stereocenters. The van der Waals surface area contributed by atoms with E-state index in [9.17, 15) is 28.8 Å². The Morgan fingerprint density at radius 3 is 1.30 bits per heavy atom. The number of unbranched alkanes of at least 4 members (excludes halogenated alkanes) is 9. The molecule has 1 aromatic heterocycles. The van der Waals surface area contributed by atoms with Gasteiger partial charge in [-0.05, 0) is 212 Å². The van der Waals surface area contributed by atoms with Crippen LogP contribution in [0.5, 0.6) is 28.7 Å². The summed E-state index contributed by atoms with van der Waals surface area (Å²) in [6, 6.07) is 32.6. The molecule has 0 aliphatic heterocycles. The average Bonchev–Trinajstić information content (AvgIpc) is 2.49. The van der Waals surface area contributed by atoms with Crippen LogP contribution in [0.3, 0.4) is 0 Å². The first kappa shape index (κ1) is 65.8. The lowest BCUT2D eigenvalue weighted by Gasteiger charge is -2.27. The number of esters is 6. The molecule has 88 heavy (non-hydrogen) atoms. The number of aromatic nitrogens is 1. The molecule has 0 atom stereocenters. The third kappa shape index (κ3) is 20.7. The van der Waals surface area contributed by atoms with Gasteiger partial charge >= 0.3 is 35.8 Å². The lowest BCUT2D eigenvalue weighted by molar-refractivity contribution is -0.141. The standard InChI is InChI=1S/C71H81NO15S/c1-4-7-8-13-42-81-55-36-38-60(39-37-55)88-67-63-47-51(70(77)86-56-24-18-49(19-25-56)68(75)84-58-32-28-53(29-33-58)79-43-14-9-11-16-45-82-65(73)5-2)22-40-61(63)62-41-23-52(48-64(62)72-67)71(78)87-57-26-20-50(21-27-57)69(76)85-59-34-30-54(31-35-59)80-44-15-10-12-17-46-83-66(74)6-3/h5-6,22-23,28-41,47-50,56-57H,2-4,7-21,24-27,42-46H2,1H3. The van der Waals surface area contributed by atoms with Crippen LogP contribution in [0.2, 0.25) is 0 Å². The van der Waals surface area contributed by atoms with Crippen molar-refractivity contribution < 1.29 is 71.4 Å². The number of nitrogens with zero attached hydrogens (tertiary/aromatic N) is 1. The quantitative estimate of drug-likeness (QED) is 0.00922. The van der Waals surface area contributed by atoms with Crippen LogP contribution in [-0.4, -0.2) is 86.0 Å². The minimum absolute atomic E-state index is 0.320. The zero-order valence-electron chi connectivity index (χ0n) is 50.4. The second-order valence-electron chi connectivity index (χ2n) is 22.2. The van der Waals surface area contributed by atoms with Crippen molar-refractivity contribution >= 4 is 69.3 Å². The summed E-state index contributed by atoms with van der Waals surface area (Å²) in [5.41, 5.74) is 1.29. The average molecular weight is 1220 g/mol. The van der Waals surface area contributed by atoms with Crippen LogP contribution in [0, 0.1) is 11.8 Å². The summed E-state index contributed by atoms with van der Waals surface area (Å²) in [5.74, 6) is -0.0782. The van der Waals surface area contributed by atoms with Crippen LogP contribution in [0.1, 0.15) is 156 Å². The number of carbonyl (C=O) groups excluding carboxylic acids is 6. The maximum absolute atomic E-state index is 13.9. The van der Waals surface area contributed by atoms with Gasteiger partial charge in [0.15, 0.2) is 0 Å². The van der Waals surface area contributed by atoms with Gasteiger partial charge in [0.05, 0.1) is 61.5 Å². The van der Waals surface area contributed by atoms with Crippen molar-refractivity contribution in [1.29, 1.82) is 0 Å². The fourth-order valence-electron chi connectivity index (χ4n) is 10.6. The lowest BCUT2D eigenvalue weighted by atomic mass is 9.87. The van der Waals surface area contributed by atoms with Gasteiger partial charge in [0.2, 0.25) is 0 Å². The van der Waals surface area contributed by atoms with Crippen LogP contribution in [0.25, 0.3) is 21.7 Å². The SMILES string of the molecule is C=CC(=O)OCCCCCCOc1ccc(OC(=O)C2CCC(OC(=O)c3ccc4c(c3)nc(Sc3ccc(OCCCCCC)cc3)c3cc(C(=O)OC5CCC(C(=O)Oc6ccc(OCCCCCCOC(=O)C=C)cc6)CC5)ccc34)CC2)cc1. The zero-order valence-corrected chi connectivity index (χ0v) is 51.2. The van der Waals surface area contributed by atoms with E-state index in [1.807, 2.05) is 42.5 Å².